The van der Waals surface area contributed by atoms with E-state index in [0.717, 1.165) is 26.8 Å². The fraction of sp³-hybridized carbons (Fsp3) is 0.158. The minimum atomic E-state index is -0.0470. The number of anilines is 1. The molecule has 0 spiro atoms. The van der Waals surface area contributed by atoms with E-state index in [1.54, 1.807) is 6.20 Å². The monoisotopic (exact) mass is 388 g/mol. The van der Waals surface area contributed by atoms with Crippen LogP contribution >= 0.6 is 34.7 Å². The molecule has 6 heteroatoms. The van der Waals surface area contributed by atoms with Crippen LogP contribution in [0.5, 0.6) is 0 Å². The van der Waals surface area contributed by atoms with E-state index in [-0.39, 0.29) is 5.91 Å². The number of carbonyl (C=O) groups excluding carboxylic acids is 1. The van der Waals surface area contributed by atoms with Gasteiger partial charge >= 0.3 is 0 Å². The number of aryl methyl sites for hydroxylation is 1. The first-order chi connectivity index (χ1) is 12.1. The molecule has 0 aliphatic rings. The van der Waals surface area contributed by atoms with Crippen LogP contribution in [0.4, 0.5) is 5.13 Å². The van der Waals surface area contributed by atoms with E-state index < -0.39 is 0 Å². The molecule has 0 fully saturated rings. The summed E-state index contributed by atoms with van der Waals surface area (Å²) in [5, 5.41) is 4.22. The number of thioether (sulfide) groups is 1. The van der Waals surface area contributed by atoms with Crippen molar-refractivity contribution < 1.29 is 4.79 Å². The lowest BCUT2D eigenvalue weighted by Crippen LogP contribution is -2.13. The number of nitrogens with zero attached hydrogens (tertiary/aromatic N) is 1. The molecule has 0 aliphatic carbocycles. The predicted octanol–water partition coefficient (Wildman–Crippen LogP) is 5.43. The Balaban J connectivity index is 1.52. The van der Waals surface area contributed by atoms with Gasteiger partial charge in [0.05, 0.1) is 5.75 Å². The Labute approximate surface area is 160 Å². The number of nitrogens with one attached hydrogen (secondary N) is 1. The van der Waals surface area contributed by atoms with Crippen molar-refractivity contribution in [1.82, 2.24) is 4.98 Å². The van der Waals surface area contributed by atoms with Crippen molar-refractivity contribution in [3.05, 3.63) is 75.8 Å². The summed E-state index contributed by atoms with van der Waals surface area (Å²) in [6.45, 7) is 2.05. The molecule has 128 valence electrons. The topological polar surface area (TPSA) is 42.0 Å². The van der Waals surface area contributed by atoms with Gasteiger partial charge in [-0.25, -0.2) is 4.98 Å². The molecule has 0 bridgehead atoms. The summed E-state index contributed by atoms with van der Waals surface area (Å²) in [5.41, 5.74) is 2.34. The van der Waals surface area contributed by atoms with Crippen molar-refractivity contribution in [1.29, 1.82) is 0 Å². The fourth-order valence-electron chi connectivity index (χ4n) is 2.23. The quantitative estimate of drug-likeness (QED) is 0.573. The van der Waals surface area contributed by atoms with Gasteiger partial charge in [-0.1, -0.05) is 41.4 Å². The maximum absolute atomic E-state index is 12.1. The van der Waals surface area contributed by atoms with Crippen LogP contribution in [0.1, 0.15) is 16.0 Å². The van der Waals surface area contributed by atoms with Gasteiger partial charge in [0.2, 0.25) is 5.91 Å². The zero-order chi connectivity index (χ0) is 17.6. The van der Waals surface area contributed by atoms with E-state index in [1.807, 2.05) is 55.5 Å². The average molecular weight is 389 g/mol. The number of carbonyl (C=O) groups is 1. The van der Waals surface area contributed by atoms with Crippen molar-refractivity contribution in [2.24, 2.45) is 0 Å². The minimum absolute atomic E-state index is 0.0470. The number of benzene rings is 2. The molecule has 0 aliphatic heterocycles. The number of amides is 1. The molecular weight excluding hydrogens is 372 g/mol. The third kappa shape index (κ3) is 5.59. The molecule has 3 rings (SSSR count). The largest absolute Gasteiger partial charge is 0.301 e. The maximum Gasteiger partial charge on any atom is 0.236 e. The third-order valence-corrected chi connectivity index (χ3v) is 5.62. The van der Waals surface area contributed by atoms with Crippen molar-refractivity contribution in [2.45, 2.75) is 18.2 Å². The molecule has 3 aromatic rings. The summed E-state index contributed by atoms with van der Waals surface area (Å²) in [6, 6.07) is 15.9. The van der Waals surface area contributed by atoms with Gasteiger partial charge in [0.15, 0.2) is 5.13 Å². The van der Waals surface area contributed by atoms with Crippen LogP contribution in [0.3, 0.4) is 0 Å². The molecule has 0 atom stereocenters. The number of thiazole rings is 1. The second kappa shape index (κ2) is 8.52. The van der Waals surface area contributed by atoms with Gasteiger partial charge in [0, 0.05) is 27.4 Å². The van der Waals surface area contributed by atoms with Crippen molar-refractivity contribution >= 4 is 45.7 Å². The normalized spacial score (nSPS) is 10.6. The lowest BCUT2D eigenvalue weighted by atomic mass is 10.1. The molecule has 3 nitrogen and oxygen atoms in total. The van der Waals surface area contributed by atoms with Gasteiger partial charge in [0.1, 0.15) is 0 Å². The summed E-state index contributed by atoms with van der Waals surface area (Å²) in [6.07, 6.45) is 2.56. The van der Waals surface area contributed by atoms with Crippen LogP contribution in [0.15, 0.2) is 59.6 Å². The van der Waals surface area contributed by atoms with Crippen LogP contribution in [0, 0.1) is 6.92 Å². The molecule has 0 saturated carbocycles. The standard InChI is InChI=1S/C19H17ClN2OS2/c1-13-5-7-16(8-6-13)24-12-18(23)22-19-21-11-17(25-19)10-14-3-2-4-15(20)9-14/h2-9,11H,10,12H2,1H3,(H,21,22,23). The molecule has 0 unspecified atom stereocenters. The first kappa shape index (κ1) is 18.0. The molecule has 1 aromatic heterocycles. The summed E-state index contributed by atoms with van der Waals surface area (Å²) < 4.78 is 0. The highest BCUT2D eigenvalue weighted by Gasteiger charge is 2.08. The van der Waals surface area contributed by atoms with Gasteiger partial charge in [0.25, 0.3) is 0 Å². The zero-order valence-corrected chi connectivity index (χ0v) is 16.0. The first-order valence-electron chi connectivity index (χ1n) is 7.77. The summed E-state index contributed by atoms with van der Waals surface area (Å²) in [7, 11) is 0. The lowest BCUT2D eigenvalue weighted by Gasteiger charge is -2.02. The van der Waals surface area contributed by atoms with Gasteiger partial charge in [-0.05, 0) is 36.8 Å². The van der Waals surface area contributed by atoms with Crippen molar-refractivity contribution in [2.75, 3.05) is 11.1 Å². The highest BCUT2D eigenvalue weighted by molar-refractivity contribution is 8.00. The Kier molecular flexibility index (Phi) is 6.13. The van der Waals surface area contributed by atoms with Crippen molar-refractivity contribution in [3.8, 4) is 0 Å². The second-order valence-corrected chi connectivity index (χ2v) is 8.19. The van der Waals surface area contributed by atoms with Crippen LogP contribution in [0.2, 0.25) is 5.02 Å². The molecule has 1 amide bonds. The van der Waals surface area contributed by atoms with Crippen molar-refractivity contribution in [3.63, 3.8) is 0 Å². The Morgan fingerprint density at radius 2 is 2.04 bits per heavy atom. The molecule has 0 radical (unpaired) electrons. The van der Waals surface area contributed by atoms with Crippen LogP contribution < -0.4 is 5.32 Å². The Bertz CT molecular complexity index is 862. The second-order valence-electron chi connectivity index (χ2n) is 5.59. The average Bonchev–Trinajstić information content (AvgIpc) is 3.01. The highest BCUT2D eigenvalue weighted by Crippen LogP contribution is 2.23. The minimum Gasteiger partial charge on any atom is -0.301 e. The zero-order valence-electron chi connectivity index (χ0n) is 13.7. The molecule has 0 saturated heterocycles. The third-order valence-electron chi connectivity index (χ3n) is 3.46. The number of hydrogen-bond donors (Lipinski definition) is 1. The number of halogens is 1. The molecule has 1 N–H and O–H groups in total. The fourth-order valence-corrected chi connectivity index (χ4v) is 4.01. The van der Waals surface area contributed by atoms with Gasteiger partial charge < -0.3 is 5.32 Å². The summed E-state index contributed by atoms with van der Waals surface area (Å²) >= 11 is 9.02. The van der Waals surface area contributed by atoms with Crippen LogP contribution in [0.25, 0.3) is 0 Å². The Morgan fingerprint density at radius 1 is 1.24 bits per heavy atom. The molecule has 25 heavy (non-hydrogen) atoms. The SMILES string of the molecule is Cc1ccc(SCC(=O)Nc2ncc(Cc3cccc(Cl)c3)s2)cc1. The number of hydrogen-bond acceptors (Lipinski definition) is 4. The number of rotatable bonds is 6. The van der Waals surface area contributed by atoms with Crippen LogP contribution in [-0.4, -0.2) is 16.6 Å². The maximum atomic E-state index is 12.1. The van der Waals surface area contributed by atoms with E-state index in [2.05, 4.69) is 10.3 Å². The Morgan fingerprint density at radius 3 is 2.80 bits per heavy atom. The summed E-state index contributed by atoms with van der Waals surface area (Å²) in [4.78, 5) is 18.5. The highest BCUT2D eigenvalue weighted by atomic mass is 35.5. The molecule has 1 heterocycles. The Hall–Kier alpha value is -1.82. The smallest absolute Gasteiger partial charge is 0.236 e. The van der Waals surface area contributed by atoms with E-state index >= 15 is 0 Å². The van der Waals surface area contributed by atoms with Gasteiger partial charge in [-0.2, -0.15) is 0 Å². The van der Waals surface area contributed by atoms with Gasteiger partial charge in [-0.3, -0.25) is 4.79 Å². The van der Waals surface area contributed by atoms with E-state index in [1.165, 1.54) is 28.7 Å². The van der Waals surface area contributed by atoms with E-state index in [9.17, 15) is 4.79 Å². The first-order valence-corrected chi connectivity index (χ1v) is 9.95. The van der Waals surface area contributed by atoms with Crippen LogP contribution in [-0.2, 0) is 11.2 Å². The predicted molar refractivity (Wildman–Crippen MR) is 107 cm³/mol. The van der Waals surface area contributed by atoms with E-state index in [4.69, 9.17) is 11.6 Å². The lowest BCUT2D eigenvalue weighted by molar-refractivity contribution is -0.113. The van der Waals surface area contributed by atoms with Gasteiger partial charge in [-0.15, -0.1) is 23.1 Å². The van der Waals surface area contributed by atoms with E-state index in [0.29, 0.717) is 10.9 Å². The number of aromatic nitrogens is 1. The molecule has 2 aromatic carbocycles. The molecular formula is C19H17ClN2OS2. The summed E-state index contributed by atoms with van der Waals surface area (Å²) in [5.74, 6) is 0.320.